The van der Waals surface area contributed by atoms with Crippen LogP contribution in [0.4, 0.5) is 0 Å². The number of carbonyl (C=O) groups is 1. The highest BCUT2D eigenvalue weighted by Crippen LogP contribution is 2.25. The van der Waals surface area contributed by atoms with Gasteiger partial charge in [0.1, 0.15) is 0 Å². The van der Waals surface area contributed by atoms with Gasteiger partial charge in [-0.25, -0.2) is 4.57 Å². The molecule has 8 heteroatoms. The van der Waals surface area contributed by atoms with Crippen molar-refractivity contribution < 1.29 is 24.0 Å². The lowest BCUT2D eigenvalue weighted by Crippen LogP contribution is -2.07. The van der Waals surface area contributed by atoms with E-state index in [0.717, 1.165) is 0 Å². The first-order chi connectivity index (χ1) is 5.80. The SMILES string of the molecule is NC(=O)c1cccs1.O=P(O)(O)O. The Labute approximate surface area is 77.9 Å². The fraction of sp³-hybridized carbons (Fsp3) is 0. The lowest BCUT2D eigenvalue weighted by molar-refractivity contribution is 0.100. The van der Waals surface area contributed by atoms with Gasteiger partial charge in [-0.2, -0.15) is 0 Å². The van der Waals surface area contributed by atoms with E-state index in [1.807, 2.05) is 5.38 Å². The Kier molecular flexibility index (Phi) is 4.82. The van der Waals surface area contributed by atoms with E-state index >= 15 is 0 Å². The Hall–Kier alpha value is -0.720. The number of rotatable bonds is 1. The van der Waals surface area contributed by atoms with Gasteiger partial charge in [0.2, 0.25) is 0 Å². The van der Waals surface area contributed by atoms with Crippen LogP contribution in [0.25, 0.3) is 0 Å². The number of carbonyl (C=O) groups excluding carboxylic acids is 1. The van der Waals surface area contributed by atoms with Gasteiger partial charge in [-0.3, -0.25) is 4.79 Å². The van der Waals surface area contributed by atoms with Crippen molar-refractivity contribution in [2.24, 2.45) is 5.73 Å². The van der Waals surface area contributed by atoms with Crippen molar-refractivity contribution in [3.63, 3.8) is 0 Å². The molecule has 1 rings (SSSR count). The van der Waals surface area contributed by atoms with Gasteiger partial charge in [0.15, 0.2) is 0 Å². The Morgan fingerprint density at radius 1 is 1.46 bits per heavy atom. The molecule has 13 heavy (non-hydrogen) atoms. The number of hydrogen-bond acceptors (Lipinski definition) is 3. The van der Waals surface area contributed by atoms with E-state index in [2.05, 4.69) is 0 Å². The average molecular weight is 225 g/mol. The predicted octanol–water partition coefficient (Wildman–Crippen LogP) is -0.0816. The fourth-order valence-corrected chi connectivity index (χ4v) is 0.996. The van der Waals surface area contributed by atoms with E-state index in [4.69, 9.17) is 25.0 Å². The number of thiophene rings is 1. The van der Waals surface area contributed by atoms with Crippen LogP contribution in [0.3, 0.4) is 0 Å². The van der Waals surface area contributed by atoms with Crippen LogP contribution in [0.15, 0.2) is 17.5 Å². The summed E-state index contributed by atoms with van der Waals surface area (Å²) in [5, 5.41) is 1.82. The summed E-state index contributed by atoms with van der Waals surface area (Å²) in [6.45, 7) is 0. The molecule has 0 saturated carbocycles. The minimum Gasteiger partial charge on any atom is -0.365 e. The molecule has 0 radical (unpaired) electrons. The first kappa shape index (κ1) is 12.3. The van der Waals surface area contributed by atoms with E-state index in [0.29, 0.717) is 4.88 Å². The van der Waals surface area contributed by atoms with Gasteiger partial charge in [0.25, 0.3) is 5.91 Å². The minimum absolute atomic E-state index is 0.347. The van der Waals surface area contributed by atoms with Gasteiger partial charge < -0.3 is 20.4 Å². The maximum Gasteiger partial charge on any atom is 0.466 e. The average Bonchev–Trinajstić information content (AvgIpc) is 2.31. The van der Waals surface area contributed by atoms with E-state index in [1.165, 1.54) is 11.3 Å². The maximum atomic E-state index is 10.3. The Balaban J connectivity index is 0.000000252. The molecule has 1 aromatic heterocycles. The van der Waals surface area contributed by atoms with Gasteiger partial charge in [-0.15, -0.1) is 11.3 Å². The second-order valence-corrected chi connectivity index (χ2v) is 3.83. The minimum atomic E-state index is -4.64. The topological polar surface area (TPSA) is 121 Å². The third-order valence-corrected chi connectivity index (χ3v) is 1.65. The van der Waals surface area contributed by atoms with Gasteiger partial charge in [-0.05, 0) is 11.4 Å². The van der Waals surface area contributed by atoms with Gasteiger partial charge in [0, 0.05) is 0 Å². The van der Waals surface area contributed by atoms with Crippen LogP contribution in [-0.4, -0.2) is 20.6 Å². The first-order valence-electron chi connectivity index (χ1n) is 2.92. The van der Waals surface area contributed by atoms with Crippen molar-refractivity contribution in [2.75, 3.05) is 0 Å². The summed E-state index contributed by atoms with van der Waals surface area (Å²) in [5.74, 6) is -0.347. The smallest absolute Gasteiger partial charge is 0.365 e. The first-order valence-corrected chi connectivity index (χ1v) is 5.37. The van der Waals surface area contributed by atoms with Crippen molar-refractivity contribution in [3.05, 3.63) is 22.4 Å². The molecule has 1 heterocycles. The lowest BCUT2D eigenvalue weighted by atomic mass is 10.5. The third kappa shape index (κ3) is 9.19. The summed E-state index contributed by atoms with van der Waals surface area (Å²) in [6.07, 6.45) is 0. The molecule has 0 saturated heterocycles. The number of amides is 1. The molecule has 1 amide bonds. The van der Waals surface area contributed by atoms with E-state index in [1.54, 1.807) is 12.1 Å². The fourth-order valence-electron chi connectivity index (χ4n) is 0.419. The van der Waals surface area contributed by atoms with Crippen molar-refractivity contribution in [1.29, 1.82) is 0 Å². The zero-order valence-electron chi connectivity index (χ0n) is 6.32. The lowest BCUT2D eigenvalue weighted by Gasteiger charge is -1.82. The van der Waals surface area contributed by atoms with Crippen LogP contribution >= 0.6 is 19.2 Å². The van der Waals surface area contributed by atoms with E-state index in [-0.39, 0.29) is 5.91 Å². The molecular formula is C5H8NO5PS. The summed E-state index contributed by atoms with van der Waals surface area (Å²) in [5.41, 5.74) is 4.93. The van der Waals surface area contributed by atoms with Crippen LogP contribution in [-0.2, 0) is 4.57 Å². The van der Waals surface area contributed by atoms with Gasteiger partial charge in [0.05, 0.1) is 4.88 Å². The Morgan fingerprint density at radius 3 is 2.08 bits per heavy atom. The zero-order valence-corrected chi connectivity index (χ0v) is 8.03. The molecular weight excluding hydrogens is 217 g/mol. The quantitative estimate of drug-likeness (QED) is 0.498. The number of primary amides is 1. The Bertz CT molecular complexity index is 296. The molecule has 0 aliphatic carbocycles. The molecule has 74 valence electrons. The van der Waals surface area contributed by atoms with Crippen LogP contribution in [0, 0.1) is 0 Å². The highest BCUT2D eigenvalue weighted by atomic mass is 32.1. The molecule has 0 spiro atoms. The third-order valence-electron chi connectivity index (χ3n) is 0.764. The summed E-state index contributed by atoms with van der Waals surface area (Å²) in [6, 6.07) is 3.50. The normalized spacial score (nSPS) is 10.1. The van der Waals surface area contributed by atoms with Crippen LogP contribution in [0.2, 0.25) is 0 Å². The maximum absolute atomic E-state index is 10.3. The number of phosphoric acid groups is 1. The molecule has 6 nitrogen and oxygen atoms in total. The summed E-state index contributed by atoms with van der Waals surface area (Å²) in [4.78, 5) is 32.5. The van der Waals surface area contributed by atoms with Crippen molar-refractivity contribution >= 4 is 25.1 Å². The summed E-state index contributed by atoms with van der Waals surface area (Å²) in [7, 11) is -4.64. The molecule has 0 atom stereocenters. The highest BCUT2D eigenvalue weighted by Gasteiger charge is 2.00. The second kappa shape index (κ2) is 5.11. The predicted molar refractivity (Wildman–Crippen MR) is 47.1 cm³/mol. The Morgan fingerprint density at radius 2 is 1.92 bits per heavy atom. The molecule has 0 fully saturated rings. The largest absolute Gasteiger partial charge is 0.466 e. The molecule has 0 unspecified atom stereocenters. The standard InChI is InChI=1S/C5H5NOS.H3O4P/c6-5(7)4-2-1-3-8-4;1-5(2,3)4/h1-3H,(H2,6,7);(H3,1,2,3,4). The van der Waals surface area contributed by atoms with Crippen LogP contribution in [0.5, 0.6) is 0 Å². The van der Waals surface area contributed by atoms with E-state index < -0.39 is 7.82 Å². The van der Waals surface area contributed by atoms with Crippen molar-refractivity contribution in [1.82, 2.24) is 0 Å². The van der Waals surface area contributed by atoms with Crippen molar-refractivity contribution in [3.8, 4) is 0 Å². The van der Waals surface area contributed by atoms with Crippen LogP contribution in [0.1, 0.15) is 9.67 Å². The molecule has 0 bridgehead atoms. The van der Waals surface area contributed by atoms with Crippen molar-refractivity contribution in [2.45, 2.75) is 0 Å². The molecule has 5 N–H and O–H groups in total. The summed E-state index contributed by atoms with van der Waals surface area (Å²) < 4.78 is 8.88. The number of hydrogen-bond donors (Lipinski definition) is 4. The monoisotopic (exact) mass is 225 g/mol. The molecule has 0 aromatic carbocycles. The van der Waals surface area contributed by atoms with Gasteiger partial charge >= 0.3 is 7.82 Å². The number of nitrogens with two attached hydrogens (primary N) is 1. The van der Waals surface area contributed by atoms with E-state index in [9.17, 15) is 4.79 Å². The molecule has 1 aromatic rings. The summed E-state index contributed by atoms with van der Waals surface area (Å²) >= 11 is 1.36. The molecule has 0 aliphatic rings. The van der Waals surface area contributed by atoms with Crippen LogP contribution < -0.4 is 5.73 Å². The zero-order chi connectivity index (χ0) is 10.5. The van der Waals surface area contributed by atoms with Gasteiger partial charge in [-0.1, -0.05) is 6.07 Å². The molecule has 0 aliphatic heterocycles. The highest BCUT2D eigenvalue weighted by molar-refractivity contribution is 7.45. The second-order valence-electron chi connectivity index (χ2n) is 1.85.